The van der Waals surface area contributed by atoms with Crippen LogP contribution in [0, 0.1) is 0 Å². The van der Waals surface area contributed by atoms with E-state index in [9.17, 15) is 0 Å². The van der Waals surface area contributed by atoms with Crippen molar-refractivity contribution in [3.8, 4) is 0 Å². The summed E-state index contributed by atoms with van der Waals surface area (Å²) in [5.41, 5.74) is 0. The molecule has 0 atom stereocenters. The first kappa shape index (κ1) is 6.30. The third kappa shape index (κ3) is 2.54. The molecule has 0 unspecified atom stereocenters. The number of rotatable bonds is 1. The highest BCUT2D eigenvalue weighted by Crippen LogP contribution is 1.60. The Labute approximate surface area is 44.2 Å². The van der Waals surface area contributed by atoms with Crippen molar-refractivity contribution in [3.05, 3.63) is 0 Å². The Bertz CT molecular complexity index is 56.6. The van der Waals surface area contributed by atoms with Gasteiger partial charge in [0.05, 0.1) is 0 Å². The number of hydrogen-bond donors (Lipinski definition) is 0. The molecule has 0 saturated heterocycles. The molecular formula is C4H12Si2. The van der Waals surface area contributed by atoms with E-state index in [-0.39, 0.29) is 0 Å². The molecule has 0 spiro atoms. The summed E-state index contributed by atoms with van der Waals surface area (Å²) in [5.74, 6) is 0. The Balaban J connectivity index is 3.22. The number of hydrogen-bond acceptors (Lipinski definition) is 0. The van der Waals surface area contributed by atoms with Gasteiger partial charge in [-0.3, -0.25) is 0 Å². The van der Waals surface area contributed by atoms with Gasteiger partial charge in [-0.2, -0.15) is 0 Å². The molecule has 36 valence electrons. The minimum absolute atomic E-state index is 0.292. The van der Waals surface area contributed by atoms with Crippen LogP contribution in [0.2, 0.25) is 13.1 Å². The summed E-state index contributed by atoms with van der Waals surface area (Å²) in [4.78, 5) is 1.81. The maximum absolute atomic E-state index is 2.35. The first-order valence-corrected chi connectivity index (χ1v) is 6.28. The maximum atomic E-state index is 2.35. The van der Waals surface area contributed by atoms with Gasteiger partial charge < -0.3 is 0 Å². The van der Waals surface area contributed by atoms with Gasteiger partial charge in [0.2, 0.25) is 0 Å². The van der Waals surface area contributed by atoms with Gasteiger partial charge in [-0.1, -0.05) is 20.0 Å². The molecule has 0 nitrogen and oxygen atoms in total. The molecule has 0 aromatic heterocycles. The minimum Gasteiger partial charge on any atom is -0.112 e. The monoisotopic (exact) mass is 116 g/mol. The fourth-order valence-corrected chi connectivity index (χ4v) is 1.84. The van der Waals surface area contributed by atoms with Crippen LogP contribution in [0.1, 0.15) is 6.92 Å². The van der Waals surface area contributed by atoms with Crippen LogP contribution in [0.15, 0.2) is 0 Å². The molecule has 0 fully saturated rings. The molecule has 0 amide bonds. The van der Waals surface area contributed by atoms with E-state index < -0.39 is 0 Å². The van der Waals surface area contributed by atoms with Crippen molar-refractivity contribution in [2.45, 2.75) is 20.0 Å². The largest absolute Gasteiger partial charge is 0.112 e. The molecular weight excluding hydrogens is 104 g/mol. The molecule has 0 aromatic rings. The SMILES string of the molecule is C[SiH]=C(C)[SiH2]C. The lowest BCUT2D eigenvalue weighted by molar-refractivity contribution is 2.06. The van der Waals surface area contributed by atoms with Crippen molar-refractivity contribution in [2.75, 3.05) is 0 Å². The van der Waals surface area contributed by atoms with Gasteiger partial charge >= 0.3 is 0 Å². The van der Waals surface area contributed by atoms with E-state index in [1.165, 1.54) is 0 Å². The summed E-state index contributed by atoms with van der Waals surface area (Å²) >= 11 is 0. The van der Waals surface area contributed by atoms with Gasteiger partial charge in [-0.25, -0.2) is 0 Å². The molecule has 0 aromatic carbocycles. The van der Waals surface area contributed by atoms with Crippen LogP contribution in [0.4, 0.5) is 0 Å². The van der Waals surface area contributed by atoms with Crippen molar-refractivity contribution in [2.24, 2.45) is 0 Å². The quantitative estimate of drug-likeness (QED) is 0.418. The summed E-state index contributed by atoms with van der Waals surface area (Å²) in [5, 5.41) is 0. The van der Waals surface area contributed by atoms with Crippen LogP contribution < -0.4 is 0 Å². The predicted molar refractivity (Wildman–Crippen MR) is 38.1 cm³/mol. The van der Waals surface area contributed by atoms with Crippen molar-refractivity contribution in [1.29, 1.82) is 0 Å². The second-order valence-electron chi connectivity index (χ2n) is 1.49. The lowest BCUT2D eigenvalue weighted by Gasteiger charge is -1.83. The van der Waals surface area contributed by atoms with Crippen LogP contribution in [0.25, 0.3) is 0 Å². The van der Waals surface area contributed by atoms with E-state index in [1.807, 2.05) is 4.79 Å². The highest BCUT2D eigenvalue weighted by molar-refractivity contribution is 6.90. The smallest absolute Gasteiger partial charge is 0.0399 e. The summed E-state index contributed by atoms with van der Waals surface area (Å²) < 4.78 is 0. The molecule has 0 aliphatic carbocycles. The van der Waals surface area contributed by atoms with E-state index >= 15 is 0 Å². The first-order chi connectivity index (χ1) is 2.81. The summed E-state index contributed by atoms with van der Waals surface area (Å²) in [6.07, 6.45) is 0. The molecule has 0 N–H and O–H groups in total. The molecule has 0 aliphatic rings. The molecule has 0 rings (SSSR count). The summed E-state index contributed by atoms with van der Waals surface area (Å²) in [6, 6.07) is 0. The third-order valence-corrected chi connectivity index (χ3v) is 5.60. The van der Waals surface area contributed by atoms with Gasteiger partial charge in [0, 0.05) is 9.52 Å². The van der Waals surface area contributed by atoms with E-state index in [0.29, 0.717) is 18.7 Å². The average molecular weight is 116 g/mol. The highest BCUT2D eigenvalue weighted by atomic mass is 28.2. The Morgan fingerprint density at radius 2 is 2.17 bits per heavy atom. The first-order valence-electron chi connectivity index (χ1n) is 2.43. The van der Waals surface area contributed by atoms with Crippen molar-refractivity contribution in [1.82, 2.24) is 0 Å². The zero-order valence-corrected chi connectivity index (χ0v) is 7.35. The predicted octanol–water partition coefficient (Wildman–Crippen LogP) is -0.162. The molecule has 0 radical (unpaired) electrons. The zero-order valence-electron chi connectivity index (χ0n) is 4.78. The second kappa shape index (κ2) is 3.49. The minimum atomic E-state index is 0.292. The second-order valence-corrected chi connectivity index (χ2v) is 5.69. The van der Waals surface area contributed by atoms with Crippen LogP contribution >= 0.6 is 0 Å². The Hall–Kier alpha value is 0.304. The van der Waals surface area contributed by atoms with Crippen LogP contribution in [-0.4, -0.2) is 23.4 Å². The van der Waals surface area contributed by atoms with E-state index in [0.717, 1.165) is 0 Å². The van der Waals surface area contributed by atoms with Gasteiger partial charge in [-0.05, 0) is 9.13 Å². The van der Waals surface area contributed by atoms with Gasteiger partial charge in [0.1, 0.15) is 0 Å². The maximum Gasteiger partial charge on any atom is 0.0399 e. The topological polar surface area (TPSA) is 0 Å². The van der Waals surface area contributed by atoms with Gasteiger partial charge in [-0.15, -0.1) is 4.79 Å². The lowest BCUT2D eigenvalue weighted by Crippen LogP contribution is -2.01. The van der Waals surface area contributed by atoms with E-state index in [1.54, 1.807) is 0 Å². The summed E-state index contributed by atoms with van der Waals surface area (Å²) in [7, 11) is 1.01. The van der Waals surface area contributed by atoms with E-state index in [2.05, 4.69) is 20.0 Å². The molecule has 0 heterocycles. The van der Waals surface area contributed by atoms with Gasteiger partial charge in [0.25, 0.3) is 0 Å². The van der Waals surface area contributed by atoms with Crippen molar-refractivity contribution < 1.29 is 0 Å². The van der Waals surface area contributed by atoms with Crippen molar-refractivity contribution in [3.63, 3.8) is 0 Å². The lowest BCUT2D eigenvalue weighted by atomic mass is 11.0. The van der Waals surface area contributed by atoms with Gasteiger partial charge in [0.15, 0.2) is 0 Å². The Morgan fingerprint density at radius 3 is 2.17 bits per heavy atom. The van der Waals surface area contributed by atoms with Crippen LogP contribution in [0.5, 0.6) is 0 Å². The fourth-order valence-electron chi connectivity index (χ4n) is 0.204. The summed E-state index contributed by atoms with van der Waals surface area (Å²) in [6.45, 7) is 6.96. The molecule has 0 saturated carbocycles. The molecule has 6 heavy (non-hydrogen) atoms. The standard InChI is InChI=1S/C4H12Si2/c1-4(5-2)6-3/h5H,6H2,1-3H3. The molecule has 2 heteroatoms. The average Bonchev–Trinajstić information content (AvgIpc) is 1.65. The molecule has 0 aliphatic heterocycles. The Kier molecular flexibility index (Phi) is 3.67. The normalized spacial score (nSPS) is 14.2. The highest BCUT2D eigenvalue weighted by Gasteiger charge is 1.74. The molecule has 0 bridgehead atoms. The third-order valence-electron chi connectivity index (χ3n) is 1.05. The van der Waals surface area contributed by atoms with Crippen molar-refractivity contribution >= 4 is 23.4 Å². The van der Waals surface area contributed by atoms with Crippen LogP contribution in [-0.2, 0) is 0 Å². The van der Waals surface area contributed by atoms with E-state index in [4.69, 9.17) is 0 Å². The Morgan fingerprint density at radius 1 is 1.67 bits per heavy atom. The van der Waals surface area contributed by atoms with Crippen LogP contribution in [0.3, 0.4) is 0 Å². The zero-order chi connectivity index (χ0) is 4.99. The fraction of sp³-hybridized carbons (Fsp3) is 0.750.